The third-order valence-corrected chi connectivity index (χ3v) is 15.9. The van der Waals surface area contributed by atoms with Gasteiger partial charge >= 0.3 is 0 Å². The standard InChI is InChI=1S/C72H56N4O/c1-48-36-37-54(45-68(48)77-55-38-39-59-58-30-16-19-33-64(58)76(67(59)46-55)69-44-52(40-41-73-69)71(2,3)4)74-47-75(66-35-21-20-34-65(66)74)70-60(49-22-8-5-9-23-49)42-53(43-61(70)50-24-10-6-11-25-50)72(51-26-12-7-13-27-51)62-31-17-14-28-56(62)57-29-15-18-32-63(57)72/h5-46H,47H2,1-4H3/i1D3. The first kappa shape index (κ1) is 42.9. The van der Waals surface area contributed by atoms with E-state index in [1.165, 1.54) is 38.9 Å². The molecule has 0 amide bonds. The molecule has 12 aromatic rings. The molecule has 0 N–H and O–H groups in total. The fraction of sp³-hybridized carbons (Fsp3) is 0.0972. The molecule has 3 heterocycles. The van der Waals surface area contributed by atoms with Gasteiger partial charge in [-0.15, -0.1) is 0 Å². The van der Waals surface area contributed by atoms with Gasteiger partial charge in [0.25, 0.3) is 0 Å². The molecule has 0 atom stereocenters. The van der Waals surface area contributed by atoms with Gasteiger partial charge in [-0.3, -0.25) is 4.57 Å². The van der Waals surface area contributed by atoms with Crippen molar-refractivity contribution in [2.75, 3.05) is 16.5 Å². The first-order chi connectivity index (χ1) is 38.9. The second kappa shape index (κ2) is 18.1. The predicted octanol–water partition coefficient (Wildman–Crippen LogP) is 18.5. The van der Waals surface area contributed by atoms with E-state index in [1.54, 1.807) is 6.07 Å². The molecular weight excluding hydrogens is 937 g/mol. The van der Waals surface area contributed by atoms with E-state index in [2.05, 4.69) is 247 Å². The average Bonchev–Trinajstić information content (AvgIpc) is 4.33. The molecule has 0 saturated heterocycles. The minimum absolute atomic E-state index is 0.0880. The molecule has 0 fully saturated rings. The summed E-state index contributed by atoms with van der Waals surface area (Å²) in [6.45, 7) is 4.57. The van der Waals surface area contributed by atoms with Crippen molar-refractivity contribution in [1.29, 1.82) is 0 Å². The van der Waals surface area contributed by atoms with Gasteiger partial charge in [0.15, 0.2) is 0 Å². The van der Waals surface area contributed by atoms with Gasteiger partial charge in [-0.25, -0.2) is 4.98 Å². The third-order valence-electron chi connectivity index (χ3n) is 15.9. The lowest BCUT2D eigenvalue weighted by atomic mass is 9.66. The van der Waals surface area contributed by atoms with Crippen molar-refractivity contribution in [3.8, 4) is 50.7 Å². The number of aryl methyl sites for hydroxylation is 1. The van der Waals surface area contributed by atoms with Gasteiger partial charge < -0.3 is 14.5 Å². The molecule has 14 rings (SSSR count). The molecule has 0 saturated carbocycles. The van der Waals surface area contributed by atoms with Crippen molar-refractivity contribution in [2.45, 2.75) is 38.5 Å². The molecule has 77 heavy (non-hydrogen) atoms. The summed E-state index contributed by atoms with van der Waals surface area (Å²) >= 11 is 0. The minimum atomic E-state index is -2.46. The van der Waals surface area contributed by atoms with Crippen LogP contribution in [0.5, 0.6) is 11.5 Å². The zero-order valence-electron chi connectivity index (χ0n) is 46.2. The Balaban J connectivity index is 0.936. The van der Waals surface area contributed by atoms with Crippen molar-refractivity contribution >= 4 is 44.6 Å². The van der Waals surface area contributed by atoms with Crippen LogP contribution < -0.4 is 14.5 Å². The van der Waals surface area contributed by atoms with Gasteiger partial charge in [0.2, 0.25) is 0 Å². The smallest absolute Gasteiger partial charge is 0.137 e. The Kier molecular flexibility index (Phi) is 10.1. The number of rotatable bonds is 9. The molecule has 0 spiro atoms. The maximum atomic E-state index is 8.80. The van der Waals surface area contributed by atoms with E-state index in [0.29, 0.717) is 12.4 Å². The van der Waals surface area contributed by atoms with Crippen LogP contribution in [0, 0.1) is 6.85 Å². The van der Waals surface area contributed by atoms with Gasteiger partial charge in [0, 0.05) is 50.0 Å². The van der Waals surface area contributed by atoms with Gasteiger partial charge in [0.05, 0.1) is 33.5 Å². The van der Waals surface area contributed by atoms with Crippen LogP contribution in [0.15, 0.2) is 255 Å². The summed E-state index contributed by atoms with van der Waals surface area (Å²) in [6, 6.07) is 87.8. The van der Waals surface area contributed by atoms with E-state index < -0.39 is 12.3 Å². The van der Waals surface area contributed by atoms with Crippen molar-refractivity contribution in [2.24, 2.45) is 0 Å². The second-order valence-corrected chi connectivity index (χ2v) is 21.3. The Bertz CT molecular complexity index is 4250. The highest BCUT2D eigenvalue weighted by atomic mass is 16.5. The average molecular weight is 996 g/mol. The molecule has 0 bridgehead atoms. The maximum Gasteiger partial charge on any atom is 0.137 e. The summed E-state index contributed by atoms with van der Waals surface area (Å²) in [5.74, 6) is 1.57. The Morgan fingerprint density at radius 2 is 1.08 bits per heavy atom. The van der Waals surface area contributed by atoms with Crippen LogP contribution in [-0.4, -0.2) is 16.2 Å². The topological polar surface area (TPSA) is 33.5 Å². The lowest BCUT2D eigenvalue weighted by Gasteiger charge is -2.36. The summed E-state index contributed by atoms with van der Waals surface area (Å²) in [5, 5.41) is 2.13. The highest BCUT2D eigenvalue weighted by Gasteiger charge is 2.47. The van der Waals surface area contributed by atoms with Crippen LogP contribution >= 0.6 is 0 Å². The summed E-state index contributed by atoms with van der Waals surface area (Å²) in [5.41, 5.74) is 18.0. The van der Waals surface area contributed by atoms with Gasteiger partial charge in [-0.2, -0.15) is 0 Å². The third kappa shape index (κ3) is 7.48. The molecule has 5 heteroatoms. The Labute approximate surface area is 454 Å². The number of aromatic nitrogens is 2. The number of hydrogen-bond acceptors (Lipinski definition) is 4. The predicted molar refractivity (Wildman–Crippen MR) is 319 cm³/mol. The molecule has 5 nitrogen and oxygen atoms in total. The Morgan fingerprint density at radius 1 is 0.494 bits per heavy atom. The highest BCUT2D eigenvalue weighted by Crippen LogP contribution is 2.59. The lowest BCUT2D eigenvalue weighted by molar-refractivity contribution is 0.479. The number of para-hydroxylation sites is 3. The van der Waals surface area contributed by atoms with E-state index in [-0.39, 0.29) is 16.7 Å². The first-order valence-corrected chi connectivity index (χ1v) is 26.5. The minimum Gasteiger partial charge on any atom is -0.457 e. The van der Waals surface area contributed by atoms with Crippen molar-refractivity contribution in [1.82, 2.24) is 9.55 Å². The van der Waals surface area contributed by atoms with Crippen LogP contribution in [0.4, 0.5) is 22.7 Å². The van der Waals surface area contributed by atoms with Crippen molar-refractivity contribution in [3.63, 3.8) is 0 Å². The Hall–Kier alpha value is -9.45. The highest BCUT2D eigenvalue weighted by molar-refractivity contribution is 6.09. The zero-order valence-corrected chi connectivity index (χ0v) is 43.2. The maximum absolute atomic E-state index is 8.80. The molecule has 1 aliphatic heterocycles. The van der Waals surface area contributed by atoms with Gasteiger partial charge in [0.1, 0.15) is 24.0 Å². The number of anilines is 4. The number of fused-ring (bicyclic) bond motifs is 7. The summed E-state index contributed by atoms with van der Waals surface area (Å²) < 4.78 is 35.5. The molecule has 0 radical (unpaired) electrons. The second-order valence-electron chi connectivity index (χ2n) is 21.3. The SMILES string of the molecule is [2H]C([2H])([2H])c1ccc(N2CN(c3c(-c4ccccc4)cc(C4(c5ccccc5)c5ccccc5-c5ccccc54)cc3-c3ccccc3)c3ccccc32)cc1Oc1ccc2c3ccccc3n(-c3cc(C(C)(C)C)ccn3)c2c1. The van der Waals surface area contributed by atoms with Gasteiger partial charge in [-0.05, 0) is 129 Å². The van der Waals surface area contributed by atoms with Crippen molar-refractivity contribution in [3.05, 3.63) is 288 Å². The van der Waals surface area contributed by atoms with Gasteiger partial charge in [-0.1, -0.05) is 197 Å². The van der Waals surface area contributed by atoms with Crippen molar-refractivity contribution < 1.29 is 8.85 Å². The Morgan fingerprint density at radius 3 is 1.74 bits per heavy atom. The molecular formula is C72H56N4O. The molecule has 10 aromatic carbocycles. The fourth-order valence-corrected chi connectivity index (χ4v) is 12.3. The summed E-state index contributed by atoms with van der Waals surface area (Å²) in [7, 11) is 0. The number of nitrogens with zero attached hydrogens (tertiary/aromatic N) is 4. The monoisotopic (exact) mass is 995 g/mol. The quantitative estimate of drug-likeness (QED) is 0.144. The van der Waals surface area contributed by atoms with Crippen LogP contribution in [0.25, 0.3) is 61.0 Å². The van der Waals surface area contributed by atoms with E-state index in [1.807, 2.05) is 36.5 Å². The number of hydrogen-bond donors (Lipinski definition) is 0. The van der Waals surface area contributed by atoms with E-state index in [0.717, 1.165) is 72.6 Å². The summed E-state index contributed by atoms with van der Waals surface area (Å²) in [6.07, 6.45) is 1.87. The van der Waals surface area contributed by atoms with Crippen LogP contribution in [0.2, 0.25) is 0 Å². The molecule has 1 aliphatic carbocycles. The molecule has 2 aromatic heterocycles. The number of ether oxygens (including phenoxy) is 1. The molecule has 2 aliphatic rings. The largest absolute Gasteiger partial charge is 0.457 e. The van der Waals surface area contributed by atoms with Crippen LogP contribution in [0.1, 0.15) is 58.3 Å². The zero-order chi connectivity index (χ0) is 54.3. The normalized spacial score (nSPS) is 14.2. The molecule has 370 valence electrons. The van der Waals surface area contributed by atoms with Crippen LogP contribution in [-0.2, 0) is 10.8 Å². The number of pyridine rings is 1. The number of benzene rings is 10. The van der Waals surface area contributed by atoms with E-state index in [4.69, 9.17) is 13.8 Å². The lowest BCUT2D eigenvalue weighted by Crippen LogP contribution is -2.29. The fourth-order valence-electron chi connectivity index (χ4n) is 12.3. The van der Waals surface area contributed by atoms with E-state index in [9.17, 15) is 0 Å². The van der Waals surface area contributed by atoms with E-state index >= 15 is 0 Å². The summed E-state index contributed by atoms with van der Waals surface area (Å²) in [4.78, 5) is 9.60. The first-order valence-electron chi connectivity index (χ1n) is 28.0. The van der Waals surface area contributed by atoms with Crippen LogP contribution in [0.3, 0.4) is 0 Å². The molecule has 0 unspecified atom stereocenters.